The third-order valence-corrected chi connectivity index (χ3v) is 3.57. The van der Waals surface area contributed by atoms with Gasteiger partial charge in [0, 0.05) is 38.3 Å². The average Bonchev–Trinajstić information content (AvgIpc) is 2.46. The van der Waals surface area contributed by atoms with Crippen LogP contribution in [0.25, 0.3) is 0 Å². The number of pyridine rings is 1. The summed E-state index contributed by atoms with van der Waals surface area (Å²) in [6.07, 6.45) is -2.84. The third kappa shape index (κ3) is 3.16. The summed E-state index contributed by atoms with van der Waals surface area (Å²) < 4.78 is 37.5. The maximum atomic E-state index is 12.5. The molecule has 2 aromatic rings. The van der Waals surface area contributed by atoms with Gasteiger partial charge in [0.15, 0.2) is 0 Å². The minimum absolute atomic E-state index is 0.256. The number of hydrogen-bond acceptors (Lipinski definition) is 4. The van der Waals surface area contributed by atoms with Crippen molar-refractivity contribution in [1.29, 1.82) is 0 Å². The van der Waals surface area contributed by atoms with Crippen LogP contribution < -0.4 is 5.56 Å². The molecule has 0 bridgehead atoms. The molecule has 1 aliphatic heterocycles. The molecule has 0 radical (unpaired) electrons. The van der Waals surface area contributed by atoms with Crippen LogP contribution in [-0.4, -0.2) is 26.6 Å². The molecule has 0 saturated carbocycles. The number of fused-ring (bicyclic) bond motifs is 1. The smallest absolute Gasteiger partial charge is 0.293 e. The Labute approximate surface area is 123 Å². The fraction of sp³-hybridized carbons (Fsp3) is 0.357. The molecule has 0 saturated heterocycles. The first kappa shape index (κ1) is 14.7. The van der Waals surface area contributed by atoms with Crippen molar-refractivity contribution >= 4 is 0 Å². The second-order valence-corrected chi connectivity index (χ2v) is 5.20. The van der Waals surface area contributed by atoms with Crippen LogP contribution in [0.15, 0.2) is 29.2 Å². The minimum atomic E-state index is -4.37. The summed E-state index contributed by atoms with van der Waals surface area (Å²) in [6, 6.07) is 3.93. The van der Waals surface area contributed by atoms with Crippen molar-refractivity contribution in [3.8, 4) is 0 Å². The van der Waals surface area contributed by atoms with Crippen molar-refractivity contribution in [2.24, 2.45) is 0 Å². The molecule has 0 aliphatic carbocycles. The van der Waals surface area contributed by atoms with Crippen LogP contribution in [0.2, 0.25) is 0 Å². The predicted octanol–water partition coefficient (Wildman–Crippen LogP) is 1.74. The first-order chi connectivity index (χ1) is 10.4. The van der Waals surface area contributed by atoms with Gasteiger partial charge in [0.25, 0.3) is 5.56 Å². The molecule has 3 heterocycles. The Morgan fingerprint density at radius 3 is 2.82 bits per heavy atom. The fourth-order valence-corrected chi connectivity index (χ4v) is 2.46. The van der Waals surface area contributed by atoms with Crippen molar-refractivity contribution in [3.05, 3.63) is 57.3 Å². The molecule has 3 rings (SSSR count). The van der Waals surface area contributed by atoms with E-state index in [1.54, 1.807) is 0 Å². The quantitative estimate of drug-likeness (QED) is 0.918. The standard InChI is InChI=1S/C14H13F3N4O/c15-14(16,17)10-1-2-11(18-6-10)8-21-4-3-12-9(7-21)5-13(22)20-19-12/h1-2,5-6H,3-4,7-8H2,(H,20,22). The second-order valence-electron chi connectivity index (χ2n) is 5.20. The lowest BCUT2D eigenvalue weighted by Gasteiger charge is -2.27. The van der Waals surface area contributed by atoms with E-state index in [-0.39, 0.29) is 5.56 Å². The Morgan fingerprint density at radius 2 is 2.14 bits per heavy atom. The van der Waals surface area contributed by atoms with E-state index >= 15 is 0 Å². The molecule has 8 heteroatoms. The monoisotopic (exact) mass is 310 g/mol. The van der Waals surface area contributed by atoms with Crippen LogP contribution in [0.5, 0.6) is 0 Å². The number of aromatic nitrogens is 3. The van der Waals surface area contributed by atoms with E-state index < -0.39 is 11.7 Å². The first-order valence-electron chi connectivity index (χ1n) is 6.74. The van der Waals surface area contributed by atoms with Crippen molar-refractivity contribution in [3.63, 3.8) is 0 Å². The maximum Gasteiger partial charge on any atom is 0.417 e. The van der Waals surface area contributed by atoms with Gasteiger partial charge in [-0.05, 0) is 17.7 Å². The highest BCUT2D eigenvalue weighted by atomic mass is 19.4. The second kappa shape index (κ2) is 5.53. The zero-order chi connectivity index (χ0) is 15.7. The zero-order valence-electron chi connectivity index (χ0n) is 11.5. The topological polar surface area (TPSA) is 61.9 Å². The number of aromatic amines is 1. The van der Waals surface area contributed by atoms with Gasteiger partial charge in [0.2, 0.25) is 0 Å². The highest BCUT2D eigenvalue weighted by molar-refractivity contribution is 5.21. The normalized spacial score (nSPS) is 15.6. The number of H-pyrrole nitrogens is 1. The van der Waals surface area contributed by atoms with Gasteiger partial charge in [0.1, 0.15) is 0 Å². The van der Waals surface area contributed by atoms with Crippen LogP contribution in [-0.2, 0) is 25.7 Å². The summed E-state index contributed by atoms with van der Waals surface area (Å²) >= 11 is 0. The molecule has 0 atom stereocenters. The average molecular weight is 310 g/mol. The molecular weight excluding hydrogens is 297 g/mol. The van der Waals surface area contributed by atoms with E-state index in [9.17, 15) is 18.0 Å². The Hall–Kier alpha value is -2.22. The van der Waals surface area contributed by atoms with Gasteiger partial charge in [-0.15, -0.1) is 0 Å². The van der Waals surface area contributed by atoms with E-state index in [4.69, 9.17) is 0 Å². The molecule has 0 unspecified atom stereocenters. The first-order valence-corrected chi connectivity index (χ1v) is 6.74. The number of rotatable bonds is 2. The number of nitrogens with one attached hydrogen (secondary N) is 1. The Bertz CT molecular complexity index is 724. The van der Waals surface area contributed by atoms with E-state index in [2.05, 4.69) is 15.2 Å². The van der Waals surface area contributed by atoms with E-state index in [0.29, 0.717) is 25.2 Å². The molecule has 0 spiro atoms. The Balaban J connectivity index is 1.71. The summed E-state index contributed by atoms with van der Waals surface area (Å²) in [4.78, 5) is 17.2. The zero-order valence-corrected chi connectivity index (χ0v) is 11.5. The summed E-state index contributed by atoms with van der Waals surface area (Å²) in [6.45, 7) is 1.69. The lowest BCUT2D eigenvalue weighted by molar-refractivity contribution is -0.137. The minimum Gasteiger partial charge on any atom is -0.293 e. The van der Waals surface area contributed by atoms with Crippen molar-refractivity contribution in [2.45, 2.75) is 25.7 Å². The van der Waals surface area contributed by atoms with Crippen LogP contribution in [0.1, 0.15) is 22.5 Å². The summed E-state index contributed by atoms with van der Waals surface area (Å²) in [5, 5.41) is 6.40. The molecule has 1 aliphatic rings. The van der Waals surface area contributed by atoms with E-state index in [1.807, 2.05) is 4.90 Å². The van der Waals surface area contributed by atoms with Crippen LogP contribution in [0.4, 0.5) is 13.2 Å². The van der Waals surface area contributed by atoms with Gasteiger partial charge in [-0.25, -0.2) is 5.10 Å². The summed E-state index contributed by atoms with van der Waals surface area (Å²) in [5.74, 6) is 0. The lowest BCUT2D eigenvalue weighted by atomic mass is 10.1. The summed E-state index contributed by atoms with van der Waals surface area (Å²) in [5.41, 5.74) is 1.26. The SMILES string of the molecule is O=c1cc2c(n[nH]1)CCN(Cc1ccc(C(F)(F)F)cn1)C2. The van der Waals surface area contributed by atoms with Crippen LogP contribution in [0, 0.1) is 0 Å². The van der Waals surface area contributed by atoms with E-state index in [0.717, 1.165) is 30.1 Å². The van der Waals surface area contributed by atoms with Gasteiger partial charge in [-0.3, -0.25) is 14.7 Å². The molecule has 0 aromatic carbocycles. The molecule has 0 fully saturated rings. The molecule has 22 heavy (non-hydrogen) atoms. The highest BCUT2D eigenvalue weighted by Gasteiger charge is 2.30. The number of alkyl halides is 3. The highest BCUT2D eigenvalue weighted by Crippen LogP contribution is 2.28. The fourth-order valence-electron chi connectivity index (χ4n) is 2.46. The molecular formula is C14H13F3N4O. The number of hydrogen-bond donors (Lipinski definition) is 1. The lowest BCUT2D eigenvalue weighted by Crippen LogP contribution is -2.32. The number of halogens is 3. The van der Waals surface area contributed by atoms with Crippen molar-refractivity contribution in [2.75, 3.05) is 6.54 Å². The van der Waals surface area contributed by atoms with Gasteiger partial charge >= 0.3 is 6.18 Å². The predicted molar refractivity (Wildman–Crippen MR) is 71.9 cm³/mol. The van der Waals surface area contributed by atoms with Crippen LogP contribution in [0.3, 0.4) is 0 Å². The molecule has 5 nitrogen and oxygen atoms in total. The molecule has 116 valence electrons. The van der Waals surface area contributed by atoms with Gasteiger partial charge in [-0.2, -0.15) is 18.3 Å². The summed E-state index contributed by atoms with van der Waals surface area (Å²) in [7, 11) is 0. The van der Waals surface area contributed by atoms with Gasteiger partial charge < -0.3 is 0 Å². The maximum absolute atomic E-state index is 12.5. The Morgan fingerprint density at radius 1 is 1.32 bits per heavy atom. The largest absolute Gasteiger partial charge is 0.417 e. The van der Waals surface area contributed by atoms with Gasteiger partial charge in [0.05, 0.1) is 17.0 Å². The van der Waals surface area contributed by atoms with Crippen molar-refractivity contribution < 1.29 is 13.2 Å². The third-order valence-electron chi connectivity index (χ3n) is 3.57. The van der Waals surface area contributed by atoms with Crippen molar-refractivity contribution in [1.82, 2.24) is 20.1 Å². The van der Waals surface area contributed by atoms with Crippen LogP contribution >= 0.6 is 0 Å². The molecule has 1 N–H and O–H groups in total. The van der Waals surface area contributed by atoms with Gasteiger partial charge in [-0.1, -0.05) is 0 Å². The van der Waals surface area contributed by atoms with E-state index in [1.165, 1.54) is 12.1 Å². The number of nitrogens with zero attached hydrogens (tertiary/aromatic N) is 3. The molecule has 2 aromatic heterocycles. The Kier molecular flexibility index (Phi) is 3.69. The molecule has 0 amide bonds.